The van der Waals surface area contributed by atoms with E-state index in [-0.39, 0.29) is 18.2 Å². The quantitative estimate of drug-likeness (QED) is 0.829. The Morgan fingerprint density at radius 2 is 2.26 bits per heavy atom. The van der Waals surface area contributed by atoms with E-state index in [4.69, 9.17) is 15.5 Å². The maximum atomic E-state index is 6.03. The number of hydrogen-bond acceptors (Lipinski definition) is 5. The molecular formula is C14H22N4O. The van der Waals surface area contributed by atoms with Gasteiger partial charge in [-0.25, -0.2) is 9.97 Å². The zero-order valence-electron chi connectivity index (χ0n) is 11.7. The summed E-state index contributed by atoms with van der Waals surface area (Å²) in [4.78, 5) is 11.5. The van der Waals surface area contributed by atoms with Gasteiger partial charge in [-0.15, -0.1) is 0 Å². The van der Waals surface area contributed by atoms with Gasteiger partial charge in [0.25, 0.3) is 0 Å². The molecule has 3 heterocycles. The van der Waals surface area contributed by atoms with Crippen LogP contribution in [0.15, 0.2) is 6.20 Å². The van der Waals surface area contributed by atoms with Gasteiger partial charge in [0.2, 0.25) is 5.95 Å². The molecule has 2 aliphatic rings. The standard InChI is InChI=1S/C14H22N4O/c1-9-6-13-12(10(2)19-9)7-16-14(17-13)18-5-3-4-11(15)8-18/h7,9-11H,3-6,8,15H2,1-2H3. The summed E-state index contributed by atoms with van der Waals surface area (Å²) in [7, 11) is 0. The van der Waals surface area contributed by atoms with E-state index < -0.39 is 0 Å². The summed E-state index contributed by atoms with van der Waals surface area (Å²) >= 11 is 0. The molecule has 3 rings (SSSR count). The second kappa shape index (κ2) is 5.06. The average Bonchev–Trinajstić information content (AvgIpc) is 2.37. The highest BCUT2D eigenvalue weighted by molar-refractivity contribution is 5.36. The predicted molar refractivity (Wildman–Crippen MR) is 74.1 cm³/mol. The lowest BCUT2D eigenvalue weighted by Crippen LogP contribution is -2.43. The first-order valence-corrected chi connectivity index (χ1v) is 7.15. The van der Waals surface area contributed by atoms with Gasteiger partial charge in [-0.3, -0.25) is 0 Å². The normalized spacial score (nSPS) is 31.1. The molecule has 104 valence electrons. The zero-order valence-corrected chi connectivity index (χ0v) is 11.7. The van der Waals surface area contributed by atoms with Crippen molar-refractivity contribution in [2.75, 3.05) is 18.0 Å². The van der Waals surface area contributed by atoms with Gasteiger partial charge in [0.1, 0.15) is 0 Å². The lowest BCUT2D eigenvalue weighted by atomic mass is 10.0. The van der Waals surface area contributed by atoms with Gasteiger partial charge in [0.15, 0.2) is 0 Å². The van der Waals surface area contributed by atoms with Crippen LogP contribution in [0.25, 0.3) is 0 Å². The second-order valence-electron chi connectivity index (χ2n) is 5.71. The minimum atomic E-state index is 0.0939. The molecule has 0 amide bonds. The molecule has 2 N–H and O–H groups in total. The lowest BCUT2D eigenvalue weighted by molar-refractivity contribution is -0.00619. The molecule has 1 aromatic heterocycles. The second-order valence-corrected chi connectivity index (χ2v) is 5.71. The molecule has 0 saturated carbocycles. The number of piperidine rings is 1. The first-order chi connectivity index (χ1) is 9.13. The Morgan fingerprint density at radius 1 is 1.42 bits per heavy atom. The van der Waals surface area contributed by atoms with E-state index in [1.54, 1.807) is 0 Å². The third-order valence-corrected chi connectivity index (χ3v) is 3.98. The molecule has 0 spiro atoms. The Morgan fingerprint density at radius 3 is 3.05 bits per heavy atom. The highest BCUT2D eigenvalue weighted by Crippen LogP contribution is 2.29. The molecule has 0 aromatic carbocycles. The van der Waals surface area contributed by atoms with Crippen LogP contribution >= 0.6 is 0 Å². The van der Waals surface area contributed by atoms with Gasteiger partial charge in [-0.1, -0.05) is 0 Å². The van der Waals surface area contributed by atoms with Gasteiger partial charge < -0.3 is 15.4 Å². The van der Waals surface area contributed by atoms with Gasteiger partial charge in [0, 0.05) is 37.3 Å². The van der Waals surface area contributed by atoms with Gasteiger partial charge in [-0.2, -0.15) is 0 Å². The smallest absolute Gasteiger partial charge is 0.225 e. The van der Waals surface area contributed by atoms with E-state index in [0.717, 1.165) is 49.6 Å². The van der Waals surface area contributed by atoms with Crippen LogP contribution < -0.4 is 10.6 Å². The number of nitrogens with zero attached hydrogens (tertiary/aromatic N) is 3. The zero-order chi connectivity index (χ0) is 13.4. The SMILES string of the molecule is CC1Cc2nc(N3CCCC(N)C3)ncc2C(C)O1. The molecule has 0 aliphatic carbocycles. The van der Waals surface area contributed by atoms with Crippen LogP contribution in [-0.4, -0.2) is 35.2 Å². The van der Waals surface area contributed by atoms with Crippen molar-refractivity contribution in [1.82, 2.24) is 9.97 Å². The van der Waals surface area contributed by atoms with Crippen LogP contribution in [0, 0.1) is 0 Å². The molecule has 5 heteroatoms. The fourth-order valence-electron chi connectivity index (χ4n) is 3.01. The average molecular weight is 262 g/mol. The fourth-order valence-corrected chi connectivity index (χ4v) is 3.01. The number of rotatable bonds is 1. The third kappa shape index (κ3) is 2.58. The molecule has 1 saturated heterocycles. The number of ether oxygens (including phenoxy) is 1. The van der Waals surface area contributed by atoms with Crippen LogP contribution in [0.1, 0.15) is 44.1 Å². The van der Waals surface area contributed by atoms with Crippen LogP contribution in [0.5, 0.6) is 0 Å². The summed E-state index contributed by atoms with van der Waals surface area (Å²) in [6.45, 7) is 6.03. The highest BCUT2D eigenvalue weighted by Gasteiger charge is 2.26. The molecule has 3 atom stereocenters. The summed E-state index contributed by atoms with van der Waals surface area (Å²) < 4.78 is 5.80. The van der Waals surface area contributed by atoms with Crippen molar-refractivity contribution in [1.29, 1.82) is 0 Å². The first kappa shape index (κ1) is 12.8. The third-order valence-electron chi connectivity index (χ3n) is 3.98. The van der Waals surface area contributed by atoms with Crippen LogP contribution in [0.3, 0.4) is 0 Å². The predicted octanol–water partition coefficient (Wildman–Crippen LogP) is 1.43. The van der Waals surface area contributed by atoms with Crippen LogP contribution in [-0.2, 0) is 11.2 Å². The van der Waals surface area contributed by atoms with E-state index in [1.807, 2.05) is 6.20 Å². The van der Waals surface area contributed by atoms with E-state index in [0.29, 0.717) is 0 Å². The first-order valence-electron chi connectivity index (χ1n) is 7.15. The number of aromatic nitrogens is 2. The molecule has 3 unspecified atom stereocenters. The minimum Gasteiger partial charge on any atom is -0.370 e. The minimum absolute atomic E-state index is 0.0939. The summed E-state index contributed by atoms with van der Waals surface area (Å²) in [6.07, 6.45) is 5.34. The molecule has 1 aromatic rings. The van der Waals surface area contributed by atoms with E-state index in [1.165, 1.54) is 0 Å². The number of nitrogens with two attached hydrogens (primary N) is 1. The van der Waals surface area contributed by atoms with E-state index >= 15 is 0 Å². The molecule has 1 fully saturated rings. The van der Waals surface area contributed by atoms with Crippen LogP contribution in [0.2, 0.25) is 0 Å². The Hall–Kier alpha value is -1.20. The number of anilines is 1. The maximum Gasteiger partial charge on any atom is 0.225 e. The van der Waals surface area contributed by atoms with Gasteiger partial charge in [-0.05, 0) is 26.7 Å². The Labute approximate surface area is 114 Å². The summed E-state index contributed by atoms with van der Waals surface area (Å²) in [5.74, 6) is 0.829. The summed E-state index contributed by atoms with van der Waals surface area (Å²) in [5, 5.41) is 0. The summed E-state index contributed by atoms with van der Waals surface area (Å²) in [5.41, 5.74) is 8.29. The number of hydrogen-bond donors (Lipinski definition) is 1. The van der Waals surface area contributed by atoms with Crippen molar-refractivity contribution < 1.29 is 4.74 Å². The lowest BCUT2D eigenvalue weighted by Gasteiger charge is -2.32. The van der Waals surface area contributed by atoms with Crippen LogP contribution in [0.4, 0.5) is 5.95 Å². The molecule has 0 radical (unpaired) electrons. The summed E-state index contributed by atoms with van der Waals surface area (Å²) in [6, 6.07) is 0.245. The fraction of sp³-hybridized carbons (Fsp3) is 0.714. The largest absolute Gasteiger partial charge is 0.370 e. The molecule has 2 aliphatic heterocycles. The molecule has 0 bridgehead atoms. The Balaban J connectivity index is 1.86. The van der Waals surface area contributed by atoms with Crippen molar-refractivity contribution in [3.63, 3.8) is 0 Å². The number of fused-ring (bicyclic) bond motifs is 1. The topological polar surface area (TPSA) is 64.3 Å². The van der Waals surface area contributed by atoms with Crippen molar-refractivity contribution in [3.05, 3.63) is 17.5 Å². The highest BCUT2D eigenvalue weighted by atomic mass is 16.5. The molecule has 5 nitrogen and oxygen atoms in total. The van der Waals surface area contributed by atoms with Crippen molar-refractivity contribution >= 4 is 5.95 Å². The molecule has 19 heavy (non-hydrogen) atoms. The van der Waals surface area contributed by atoms with Gasteiger partial charge >= 0.3 is 0 Å². The Bertz CT molecular complexity index is 465. The van der Waals surface area contributed by atoms with Crippen molar-refractivity contribution in [3.8, 4) is 0 Å². The van der Waals surface area contributed by atoms with Crippen molar-refractivity contribution in [2.45, 2.75) is 51.4 Å². The Kier molecular flexibility index (Phi) is 3.41. The van der Waals surface area contributed by atoms with E-state index in [2.05, 4.69) is 23.7 Å². The van der Waals surface area contributed by atoms with Gasteiger partial charge in [0.05, 0.1) is 17.9 Å². The monoisotopic (exact) mass is 262 g/mol. The molecular weight excluding hydrogens is 240 g/mol. The van der Waals surface area contributed by atoms with E-state index in [9.17, 15) is 0 Å². The van der Waals surface area contributed by atoms with Crippen molar-refractivity contribution in [2.24, 2.45) is 5.73 Å². The maximum absolute atomic E-state index is 6.03.